The van der Waals surface area contributed by atoms with Gasteiger partial charge >= 0.3 is 11.8 Å². The van der Waals surface area contributed by atoms with Gasteiger partial charge in [-0.05, 0) is 40.9 Å². The van der Waals surface area contributed by atoms with Crippen LogP contribution in [0.4, 0.5) is 5.69 Å². The van der Waals surface area contributed by atoms with E-state index in [0.717, 1.165) is 5.56 Å². The number of pyridine rings is 1. The van der Waals surface area contributed by atoms with Crippen LogP contribution in [0.2, 0.25) is 0 Å². The molecule has 2 aromatic rings. The number of nitrogens with zero attached hydrogens (tertiary/aromatic N) is 1. The zero-order valence-electron chi connectivity index (χ0n) is 11.2. The Morgan fingerprint density at radius 3 is 2.86 bits per heavy atom. The fourth-order valence-corrected chi connectivity index (χ4v) is 2.37. The Labute approximate surface area is 125 Å². The van der Waals surface area contributed by atoms with E-state index >= 15 is 0 Å². The van der Waals surface area contributed by atoms with Crippen LogP contribution in [-0.4, -0.2) is 28.4 Å². The van der Waals surface area contributed by atoms with Crippen molar-refractivity contribution in [2.24, 2.45) is 0 Å². The standard InChI is InChI=1S/C14H15N3O3S/c18-12(10-4-7-21-9-10)3-6-16-13(19)14(20)17-11-2-1-5-15-8-11/h1-2,4-5,7-9,12,18H,3,6H2,(H,16,19)(H,17,20)/t12-/m0/s1. The van der Waals surface area contributed by atoms with Gasteiger partial charge in [-0.1, -0.05) is 0 Å². The third-order valence-electron chi connectivity index (χ3n) is 2.76. The summed E-state index contributed by atoms with van der Waals surface area (Å²) in [6, 6.07) is 5.12. The molecule has 3 N–H and O–H groups in total. The average molecular weight is 305 g/mol. The summed E-state index contributed by atoms with van der Waals surface area (Å²) in [5.41, 5.74) is 1.27. The van der Waals surface area contributed by atoms with Crippen molar-refractivity contribution in [3.8, 4) is 0 Å². The first-order chi connectivity index (χ1) is 10.2. The molecule has 0 saturated heterocycles. The fraction of sp³-hybridized carbons (Fsp3) is 0.214. The number of aromatic nitrogens is 1. The van der Waals surface area contributed by atoms with Gasteiger partial charge in [-0.25, -0.2) is 0 Å². The number of anilines is 1. The molecule has 2 heterocycles. The smallest absolute Gasteiger partial charge is 0.313 e. The molecule has 0 radical (unpaired) electrons. The van der Waals surface area contributed by atoms with Gasteiger partial charge in [0.25, 0.3) is 0 Å². The molecule has 0 saturated carbocycles. The Kier molecular flexibility index (Phi) is 5.42. The first kappa shape index (κ1) is 15.1. The quantitative estimate of drug-likeness (QED) is 0.727. The van der Waals surface area contributed by atoms with Crippen molar-refractivity contribution < 1.29 is 14.7 Å². The summed E-state index contributed by atoms with van der Waals surface area (Å²) in [6.45, 7) is 0.219. The van der Waals surface area contributed by atoms with Crippen LogP contribution in [0.1, 0.15) is 18.1 Å². The van der Waals surface area contributed by atoms with E-state index in [1.165, 1.54) is 17.5 Å². The number of thiophene rings is 1. The summed E-state index contributed by atoms with van der Waals surface area (Å²) in [7, 11) is 0. The fourth-order valence-electron chi connectivity index (χ4n) is 1.66. The molecule has 2 amide bonds. The molecule has 2 rings (SSSR count). The highest BCUT2D eigenvalue weighted by atomic mass is 32.1. The number of nitrogens with one attached hydrogen (secondary N) is 2. The van der Waals surface area contributed by atoms with E-state index in [1.54, 1.807) is 18.3 Å². The number of amides is 2. The molecule has 0 aliphatic rings. The predicted octanol–water partition coefficient (Wildman–Crippen LogP) is 1.32. The van der Waals surface area contributed by atoms with E-state index in [9.17, 15) is 14.7 Å². The lowest BCUT2D eigenvalue weighted by molar-refractivity contribution is -0.136. The van der Waals surface area contributed by atoms with Gasteiger partial charge in [0.15, 0.2) is 0 Å². The zero-order valence-corrected chi connectivity index (χ0v) is 12.0. The summed E-state index contributed by atoms with van der Waals surface area (Å²) < 4.78 is 0. The number of hydrogen-bond donors (Lipinski definition) is 3. The zero-order chi connectivity index (χ0) is 15.1. The number of carbonyl (C=O) groups excluding carboxylic acids is 2. The van der Waals surface area contributed by atoms with Crippen LogP contribution in [0.25, 0.3) is 0 Å². The van der Waals surface area contributed by atoms with Gasteiger partial charge in [0.05, 0.1) is 18.0 Å². The van der Waals surface area contributed by atoms with Crippen molar-refractivity contribution in [3.05, 3.63) is 46.9 Å². The van der Waals surface area contributed by atoms with Crippen molar-refractivity contribution in [2.45, 2.75) is 12.5 Å². The molecular formula is C14H15N3O3S. The highest BCUT2D eigenvalue weighted by molar-refractivity contribution is 7.07. The van der Waals surface area contributed by atoms with Gasteiger partial charge in [0, 0.05) is 12.7 Å². The van der Waals surface area contributed by atoms with Gasteiger partial charge in [0.1, 0.15) is 0 Å². The second kappa shape index (κ2) is 7.51. The average Bonchev–Trinajstić information content (AvgIpc) is 3.02. The Morgan fingerprint density at radius 2 is 2.19 bits per heavy atom. The molecule has 0 aromatic carbocycles. The molecule has 1 atom stereocenters. The Morgan fingerprint density at radius 1 is 1.33 bits per heavy atom. The van der Waals surface area contributed by atoms with Crippen LogP contribution in [0, 0.1) is 0 Å². The minimum Gasteiger partial charge on any atom is -0.388 e. The number of hydrogen-bond acceptors (Lipinski definition) is 5. The van der Waals surface area contributed by atoms with Crippen LogP contribution >= 0.6 is 11.3 Å². The van der Waals surface area contributed by atoms with Crippen LogP contribution in [0.3, 0.4) is 0 Å². The molecule has 0 aliphatic carbocycles. The normalized spacial score (nSPS) is 11.7. The van der Waals surface area contributed by atoms with Crippen molar-refractivity contribution in [1.82, 2.24) is 10.3 Å². The molecule has 0 aliphatic heterocycles. The van der Waals surface area contributed by atoms with E-state index < -0.39 is 17.9 Å². The van der Waals surface area contributed by atoms with Crippen LogP contribution < -0.4 is 10.6 Å². The maximum Gasteiger partial charge on any atom is 0.313 e. The topological polar surface area (TPSA) is 91.3 Å². The minimum atomic E-state index is -0.756. The number of aliphatic hydroxyl groups is 1. The van der Waals surface area contributed by atoms with Gasteiger partial charge in [0.2, 0.25) is 0 Å². The van der Waals surface area contributed by atoms with Crippen molar-refractivity contribution >= 4 is 28.8 Å². The van der Waals surface area contributed by atoms with Gasteiger partial charge in [-0.2, -0.15) is 11.3 Å². The molecule has 7 heteroatoms. The van der Waals surface area contributed by atoms with Crippen LogP contribution in [0.5, 0.6) is 0 Å². The predicted molar refractivity (Wildman–Crippen MR) is 79.8 cm³/mol. The second-order valence-corrected chi connectivity index (χ2v) is 5.09. The number of aliphatic hydroxyl groups excluding tert-OH is 1. The van der Waals surface area contributed by atoms with Crippen molar-refractivity contribution in [2.75, 3.05) is 11.9 Å². The van der Waals surface area contributed by atoms with E-state index in [2.05, 4.69) is 15.6 Å². The Bertz CT molecular complexity index is 587. The molecule has 21 heavy (non-hydrogen) atoms. The minimum absolute atomic E-state index is 0.219. The second-order valence-electron chi connectivity index (χ2n) is 4.31. The SMILES string of the molecule is O=C(NCC[C@H](O)c1ccsc1)C(=O)Nc1cccnc1. The molecule has 110 valence electrons. The summed E-state index contributed by atoms with van der Waals surface area (Å²) in [5.74, 6) is -1.50. The van der Waals surface area contributed by atoms with Crippen molar-refractivity contribution in [1.29, 1.82) is 0 Å². The summed E-state index contributed by atoms with van der Waals surface area (Å²) in [6.07, 6.45) is 2.73. The highest BCUT2D eigenvalue weighted by Gasteiger charge is 2.14. The van der Waals surface area contributed by atoms with Crippen LogP contribution in [0.15, 0.2) is 41.4 Å². The largest absolute Gasteiger partial charge is 0.388 e. The first-order valence-corrected chi connectivity index (χ1v) is 7.30. The Balaban J connectivity index is 1.73. The molecule has 0 bridgehead atoms. The van der Waals surface area contributed by atoms with Crippen LogP contribution in [-0.2, 0) is 9.59 Å². The summed E-state index contributed by atoms with van der Waals surface area (Å²) >= 11 is 1.50. The maximum atomic E-state index is 11.6. The lowest BCUT2D eigenvalue weighted by Crippen LogP contribution is -2.36. The first-order valence-electron chi connectivity index (χ1n) is 6.36. The molecule has 0 fully saturated rings. The van der Waals surface area contributed by atoms with E-state index in [0.29, 0.717) is 12.1 Å². The van der Waals surface area contributed by atoms with Crippen molar-refractivity contribution in [3.63, 3.8) is 0 Å². The molecule has 2 aromatic heterocycles. The third kappa shape index (κ3) is 4.66. The lowest BCUT2D eigenvalue weighted by Gasteiger charge is -2.10. The number of carbonyl (C=O) groups is 2. The van der Waals surface area contributed by atoms with Gasteiger partial charge in [-0.3, -0.25) is 14.6 Å². The summed E-state index contributed by atoms with van der Waals surface area (Å²) in [4.78, 5) is 27.0. The lowest BCUT2D eigenvalue weighted by atomic mass is 10.1. The van der Waals surface area contributed by atoms with E-state index in [4.69, 9.17) is 0 Å². The highest BCUT2D eigenvalue weighted by Crippen LogP contribution is 2.18. The maximum absolute atomic E-state index is 11.6. The molecular weight excluding hydrogens is 290 g/mol. The Hall–Kier alpha value is -2.25. The molecule has 0 spiro atoms. The van der Waals surface area contributed by atoms with Gasteiger partial charge < -0.3 is 15.7 Å². The molecule has 6 nitrogen and oxygen atoms in total. The van der Waals surface area contributed by atoms with Gasteiger partial charge in [-0.15, -0.1) is 0 Å². The van der Waals surface area contributed by atoms with E-state index in [1.807, 2.05) is 16.8 Å². The monoisotopic (exact) mass is 305 g/mol. The number of rotatable bonds is 5. The summed E-state index contributed by atoms with van der Waals surface area (Å²) in [5, 5.41) is 18.5. The molecule has 0 unspecified atom stereocenters. The van der Waals surface area contributed by atoms with E-state index in [-0.39, 0.29) is 6.54 Å². The third-order valence-corrected chi connectivity index (χ3v) is 3.46.